The molecule has 4 aromatic rings. The summed E-state index contributed by atoms with van der Waals surface area (Å²) in [7, 11) is 2.07. The molecule has 0 aliphatic rings. The first-order chi connectivity index (χ1) is 14.6. The summed E-state index contributed by atoms with van der Waals surface area (Å²) in [6.45, 7) is 13.3. The zero-order chi connectivity index (χ0) is 22.3. The van der Waals surface area contributed by atoms with Gasteiger partial charge in [-0.05, 0) is 78.5 Å². The molecule has 31 heavy (non-hydrogen) atoms. The Labute approximate surface area is 185 Å². The Hall–Kier alpha value is -3.07. The highest BCUT2D eigenvalue weighted by Gasteiger charge is 2.19. The molecule has 0 saturated heterocycles. The van der Waals surface area contributed by atoms with E-state index in [2.05, 4.69) is 95.6 Å². The van der Waals surface area contributed by atoms with Crippen LogP contribution in [0.15, 0.2) is 55.0 Å². The van der Waals surface area contributed by atoms with Gasteiger partial charge in [0.25, 0.3) is 6.33 Å². The second-order valence-corrected chi connectivity index (χ2v) is 9.97. The van der Waals surface area contributed by atoms with Crippen LogP contribution >= 0.6 is 0 Å². The molecule has 3 nitrogen and oxygen atoms in total. The van der Waals surface area contributed by atoms with Crippen molar-refractivity contribution < 1.29 is 4.57 Å². The summed E-state index contributed by atoms with van der Waals surface area (Å²) in [5.74, 6) is 0. The lowest BCUT2D eigenvalue weighted by atomic mass is 9.90. The summed E-state index contributed by atoms with van der Waals surface area (Å²) in [4.78, 5) is 9.44. The minimum absolute atomic E-state index is 0.236. The molecule has 0 amide bonds. The molecule has 0 N–H and O–H groups in total. The van der Waals surface area contributed by atoms with Gasteiger partial charge in [0.2, 0.25) is 0 Å². The van der Waals surface area contributed by atoms with Gasteiger partial charge in [-0.3, -0.25) is 4.98 Å². The Morgan fingerprint density at radius 3 is 2.29 bits per heavy atom. The average Bonchev–Trinajstić information content (AvgIpc) is 2.70. The number of nitrogens with zero attached hydrogens (tertiary/aromatic N) is 3. The summed E-state index contributed by atoms with van der Waals surface area (Å²) in [5, 5.41) is 1.17. The van der Waals surface area contributed by atoms with Crippen molar-refractivity contribution in [1.29, 1.82) is 0 Å². The average molecular weight is 411 g/mol. The number of fused-ring (bicyclic) bond motifs is 1. The van der Waals surface area contributed by atoms with E-state index in [4.69, 9.17) is 9.97 Å². The Morgan fingerprint density at radius 1 is 0.871 bits per heavy atom. The van der Waals surface area contributed by atoms with Crippen LogP contribution in [0.25, 0.3) is 33.3 Å². The Morgan fingerprint density at radius 2 is 1.61 bits per heavy atom. The smallest absolute Gasteiger partial charge is 0.261 e. The minimum atomic E-state index is 0.236. The highest BCUT2D eigenvalue weighted by Crippen LogP contribution is 2.32. The third-order valence-corrected chi connectivity index (χ3v) is 5.91. The molecular weight excluding hydrogens is 378 g/mol. The SMILES string of the molecule is Cc1cc(C)c(C)c(-c2c3ccc(-c4ccc(CC(C)(C)C)nc4)cc3nc[n+]2C)c1. The van der Waals surface area contributed by atoms with Gasteiger partial charge < -0.3 is 0 Å². The number of aryl methyl sites for hydroxylation is 3. The molecule has 4 rings (SSSR count). The lowest BCUT2D eigenvalue weighted by Crippen LogP contribution is -2.32. The molecular formula is C28H32N3+. The van der Waals surface area contributed by atoms with Gasteiger partial charge in [-0.1, -0.05) is 44.5 Å². The third-order valence-electron chi connectivity index (χ3n) is 5.91. The predicted molar refractivity (Wildman–Crippen MR) is 129 cm³/mol. The summed E-state index contributed by atoms with van der Waals surface area (Å²) in [6, 6.07) is 15.4. The largest absolute Gasteiger partial charge is 0.287 e. The molecule has 0 aliphatic carbocycles. The van der Waals surface area contributed by atoms with Crippen LogP contribution in [0.4, 0.5) is 0 Å². The van der Waals surface area contributed by atoms with E-state index in [1.165, 1.54) is 33.3 Å². The number of hydrogen-bond donors (Lipinski definition) is 0. The van der Waals surface area contributed by atoms with Crippen LogP contribution in [0.3, 0.4) is 0 Å². The van der Waals surface area contributed by atoms with Gasteiger partial charge in [-0.2, -0.15) is 0 Å². The van der Waals surface area contributed by atoms with Gasteiger partial charge in [0.15, 0.2) is 5.52 Å². The number of hydrogen-bond acceptors (Lipinski definition) is 2. The summed E-state index contributed by atoms with van der Waals surface area (Å²) >= 11 is 0. The van der Waals surface area contributed by atoms with Crippen molar-refractivity contribution >= 4 is 10.9 Å². The van der Waals surface area contributed by atoms with E-state index in [1.54, 1.807) is 0 Å². The van der Waals surface area contributed by atoms with Crippen molar-refractivity contribution in [3.8, 4) is 22.4 Å². The quantitative estimate of drug-likeness (QED) is 0.371. The van der Waals surface area contributed by atoms with Crippen LogP contribution in [0, 0.1) is 26.2 Å². The number of aromatic nitrogens is 3. The summed E-state index contributed by atoms with van der Waals surface area (Å²) in [5.41, 5.74) is 11.0. The maximum atomic E-state index is 4.74. The van der Waals surface area contributed by atoms with E-state index in [0.717, 1.165) is 28.8 Å². The van der Waals surface area contributed by atoms with Crippen molar-refractivity contribution in [3.05, 3.63) is 77.4 Å². The van der Waals surface area contributed by atoms with E-state index < -0.39 is 0 Å². The molecule has 2 aromatic carbocycles. The molecule has 0 fully saturated rings. The van der Waals surface area contributed by atoms with E-state index >= 15 is 0 Å². The van der Waals surface area contributed by atoms with Crippen LogP contribution in [0.1, 0.15) is 43.2 Å². The van der Waals surface area contributed by atoms with Crippen molar-refractivity contribution in [3.63, 3.8) is 0 Å². The van der Waals surface area contributed by atoms with Gasteiger partial charge in [0.05, 0.1) is 12.4 Å². The van der Waals surface area contributed by atoms with Gasteiger partial charge in [-0.15, -0.1) is 0 Å². The molecule has 0 radical (unpaired) electrons. The Kier molecular flexibility index (Phi) is 5.38. The highest BCUT2D eigenvalue weighted by atomic mass is 15.0. The van der Waals surface area contributed by atoms with Crippen LogP contribution in [-0.4, -0.2) is 9.97 Å². The number of rotatable bonds is 3. The van der Waals surface area contributed by atoms with Crippen LogP contribution in [-0.2, 0) is 13.5 Å². The molecule has 2 aromatic heterocycles. The first-order valence-electron chi connectivity index (χ1n) is 10.9. The zero-order valence-electron chi connectivity index (χ0n) is 19.7. The zero-order valence-corrected chi connectivity index (χ0v) is 19.7. The maximum Gasteiger partial charge on any atom is 0.287 e. The fourth-order valence-electron chi connectivity index (χ4n) is 4.28. The normalized spacial score (nSPS) is 11.8. The van der Waals surface area contributed by atoms with Crippen molar-refractivity contribution in [2.75, 3.05) is 0 Å². The molecule has 0 atom stereocenters. The number of pyridine rings is 1. The van der Waals surface area contributed by atoms with E-state index in [0.29, 0.717) is 0 Å². The minimum Gasteiger partial charge on any atom is -0.261 e. The second kappa shape index (κ2) is 7.88. The first-order valence-corrected chi connectivity index (χ1v) is 10.9. The molecule has 0 bridgehead atoms. The van der Waals surface area contributed by atoms with Crippen molar-refractivity contribution in [1.82, 2.24) is 9.97 Å². The molecule has 0 spiro atoms. The van der Waals surface area contributed by atoms with Crippen molar-refractivity contribution in [2.45, 2.75) is 48.0 Å². The lowest BCUT2D eigenvalue weighted by Gasteiger charge is -2.17. The number of benzene rings is 2. The molecule has 0 saturated carbocycles. The molecule has 0 aliphatic heterocycles. The fourth-order valence-corrected chi connectivity index (χ4v) is 4.28. The fraction of sp³-hybridized carbons (Fsp3) is 0.321. The first kappa shape index (κ1) is 21.2. The van der Waals surface area contributed by atoms with E-state index in [1.807, 2.05) is 12.5 Å². The van der Waals surface area contributed by atoms with Gasteiger partial charge in [0, 0.05) is 23.0 Å². The van der Waals surface area contributed by atoms with Gasteiger partial charge >= 0.3 is 0 Å². The van der Waals surface area contributed by atoms with Crippen LogP contribution < -0.4 is 4.57 Å². The van der Waals surface area contributed by atoms with Gasteiger partial charge in [-0.25, -0.2) is 4.57 Å². The van der Waals surface area contributed by atoms with Crippen LogP contribution in [0.5, 0.6) is 0 Å². The second-order valence-electron chi connectivity index (χ2n) is 9.97. The molecule has 2 heterocycles. The third kappa shape index (κ3) is 4.36. The highest BCUT2D eigenvalue weighted by molar-refractivity contribution is 5.94. The van der Waals surface area contributed by atoms with Crippen LogP contribution in [0.2, 0.25) is 0 Å². The summed E-state index contributed by atoms with van der Waals surface area (Å²) < 4.78 is 2.13. The Bertz CT molecular complexity index is 1260. The topological polar surface area (TPSA) is 29.7 Å². The van der Waals surface area contributed by atoms with E-state index in [9.17, 15) is 0 Å². The monoisotopic (exact) mass is 410 g/mol. The predicted octanol–water partition coefficient (Wildman–Crippen LogP) is 6.30. The van der Waals surface area contributed by atoms with Gasteiger partial charge in [0.1, 0.15) is 5.69 Å². The lowest BCUT2D eigenvalue weighted by molar-refractivity contribution is -0.662. The molecule has 158 valence electrons. The standard InChI is InChI=1S/C28H32N3/c1-18-12-19(2)20(3)25(13-18)27-24-11-9-21(14-26(24)30-17-31(27)7)22-8-10-23(29-16-22)15-28(4,5)6/h8-14,16-17H,15H2,1-7H3/q+1. The van der Waals surface area contributed by atoms with E-state index in [-0.39, 0.29) is 5.41 Å². The maximum absolute atomic E-state index is 4.74. The molecule has 3 heteroatoms. The Balaban J connectivity index is 1.79. The summed E-state index contributed by atoms with van der Waals surface area (Å²) in [6.07, 6.45) is 4.88. The van der Waals surface area contributed by atoms with Crippen molar-refractivity contribution in [2.24, 2.45) is 12.5 Å². The molecule has 0 unspecified atom stereocenters.